The number of anilines is 1. The Bertz CT molecular complexity index is 1050. The number of halogens is 1. The second-order valence-corrected chi connectivity index (χ2v) is 10.5. The summed E-state index contributed by atoms with van der Waals surface area (Å²) in [5, 5.41) is 3.33. The molecule has 178 valence electrons. The van der Waals surface area contributed by atoms with Crippen molar-refractivity contribution >= 4 is 40.7 Å². The molecule has 1 N–H and O–H groups in total. The lowest BCUT2D eigenvalue weighted by Gasteiger charge is -2.47. The molecule has 2 aliphatic heterocycles. The number of allylic oxidation sites excluding steroid dienone is 1. The van der Waals surface area contributed by atoms with Gasteiger partial charge in [0.05, 0.1) is 12.0 Å². The van der Waals surface area contributed by atoms with E-state index in [-0.39, 0.29) is 30.3 Å². The van der Waals surface area contributed by atoms with Crippen LogP contribution in [0.4, 0.5) is 5.69 Å². The van der Waals surface area contributed by atoms with Crippen molar-refractivity contribution in [3.8, 4) is 0 Å². The van der Waals surface area contributed by atoms with Crippen molar-refractivity contribution in [1.82, 2.24) is 10.2 Å². The van der Waals surface area contributed by atoms with Gasteiger partial charge in [-0.2, -0.15) is 0 Å². The van der Waals surface area contributed by atoms with E-state index in [9.17, 15) is 14.4 Å². The van der Waals surface area contributed by atoms with Gasteiger partial charge in [-0.15, -0.1) is 0 Å². The lowest BCUT2D eigenvalue weighted by atomic mass is 9.92. The van der Waals surface area contributed by atoms with Gasteiger partial charge in [-0.05, 0) is 44.5 Å². The molecule has 1 fully saturated rings. The minimum Gasteiger partial charge on any atom is -0.368 e. The summed E-state index contributed by atoms with van der Waals surface area (Å²) in [5.74, 6) is -0.846. The molecular formula is C25H33ClN4O3. The first-order valence-electron chi connectivity index (χ1n) is 11.2. The molecule has 2 heterocycles. The third-order valence-electron chi connectivity index (χ3n) is 6.35. The Balaban J connectivity index is 1.71. The van der Waals surface area contributed by atoms with E-state index in [1.165, 1.54) is 0 Å². The van der Waals surface area contributed by atoms with Gasteiger partial charge in [0.2, 0.25) is 5.91 Å². The Hall–Kier alpha value is -2.67. The Morgan fingerprint density at radius 2 is 1.85 bits per heavy atom. The highest BCUT2D eigenvalue weighted by Gasteiger charge is 2.38. The molecule has 2 aliphatic rings. The van der Waals surface area contributed by atoms with E-state index in [0.717, 1.165) is 16.8 Å². The first-order chi connectivity index (χ1) is 15.3. The predicted octanol–water partition coefficient (Wildman–Crippen LogP) is 3.63. The van der Waals surface area contributed by atoms with Crippen LogP contribution in [0.15, 0.2) is 28.8 Å². The predicted molar refractivity (Wildman–Crippen MR) is 132 cm³/mol. The van der Waals surface area contributed by atoms with Crippen molar-refractivity contribution in [2.24, 2.45) is 16.3 Å². The molecule has 7 nitrogen and oxygen atoms in total. The fraction of sp³-hybridized carbons (Fsp3) is 0.520. The van der Waals surface area contributed by atoms with Gasteiger partial charge in [-0.25, -0.2) is 4.99 Å². The molecule has 0 spiro atoms. The maximum Gasteiger partial charge on any atom is 0.254 e. The molecule has 0 aromatic heterocycles. The number of nitrogens with one attached hydrogen (secondary N) is 1. The van der Waals surface area contributed by atoms with Crippen LogP contribution in [0, 0.1) is 18.3 Å². The highest BCUT2D eigenvalue weighted by molar-refractivity contribution is 6.31. The van der Waals surface area contributed by atoms with Crippen LogP contribution in [0.5, 0.6) is 0 Å². The third-order valence-corrected chi connectivity index (χ3v) is 6.56. The van der Waals surface area contributed by atoms with Crippen LogP contribution in [0.2, 0.25) is 5.02 Å². The molecule has 1 aromatic rings. The van der Waals surface area contributed by atoms with Crippen molar-refractivity contribution in [2.75, 3.05) is 31.6 Å². The fourth-order valence-corrected chi connectivity index (χ4v) is 4.46. The number of benzene rings is 1. The number of hydrogen-bond donors (Lipinski definition) is 1. The van der Waals surface area contributed by atoms with Crippen molar-refractivity contribution in [3.05, 3.63) is 39.9 Å². The molecule has 3 rings (SSSR count). The summed E-state index contributed by atoms with van der Waals surface area (Å²) in [7, 11) is 1.96. The number of hydrogen-bond acceptors (Lipinski definition) is 4. The highest BCUT2D eigenvalue weighted by Crippen LogP contribution is 2.32. The van der Waals surface area contributed by atoms with Gasteiger partial charge in [0, 0.05) is 54.1 Å². The number of likely N-dealkylation sites (tertiary alicyclic amines) is 1. The average Bonchev–Trinajstić information content (AvgIpc) is 2.66. The van der Waals surface area contributed by atoms with E-state index in [2.05, 4.69) is 15.2 Å². The van der Waals surface area contributed by atoms with Gasteiger partial charge < -0.3 is 15.1 Å². The van der Waals surface area contributed by atoms with Gasteiger partial charge in [0.15, 0.2) is 0 Å². The van der Waals surface area contributed by atoms with E-state index in [1.807, 2.05) is 58.7 Å². The zero-order valence-corrected chi connectivity index (χ0v) is 21.2. The monoisotopic (exact) mass is 472 g/mol. The first kappa shape index (κ1) is 25.0. The Kier molecular flexibility index (Phi) is 7.03. The summed E-state index contributed by atoms with van der Waals surface area (Å²) in [6.07, 6.45) is 1.86. The topological polar surface area (TPSA) is 82.1 Å². The van der Waals surface area contributed by atoms with E-state index in [0.29, 0.717) is 29.4 Å². The SMILES string of the molecule is CC1=CC(C)=NC(=O)C1CNC(=O)c1cc(Cl)cc(N(C)C2CN(C(=O)C(C)(C)C)C2)c1C. The van der Waals surface area contributed by atoms with Crippen molar-refractivity contribution in [1.29, 1.82) is 0 Å². The molecular weight excluding hydrogens is 440 g/mol. The maximum absolute atomic E-state index is 13.0. The maximum atomic E-state index is 13.0. The zero-order valence-electron chi connectivity index (χ0n) is 20.5. The molecule has 33 heavy (non-hydrogen) atoms. The lowest BCUT2D eigenvalue weighted by molar-refractivity contribution is -0.144. The highest BCUT2D eigenvalue weighted by atomic mass is 35.5. The minimum atomic E-state index is -0.458. The summed E-state index contributed by atoms with van der Waals surface area (Å²) in [4.78, 5) is 45.7. The molecule has 1 atom stereocenters. The van der Waals surface area contributed by atoms with Gasteiger partial charge in [0.1, 0.15) is 0 Å². The zero-order chi connectivity index (χ0) is 24.7. The molecule has 1 aromatic carbocycles. The van der Waals surface area contributed by atoms with Crippen LogP contribution in [0.1, 0.15) is 50.5 Å². The summed E-state index contributed by atoms with van der Waals surface area (Å²) >= 11 is 6.37. The Labute approximate surface area is 200 Å². The van der Waals surface area contributed by atoms with Gasteiger partial charge in [-0.3, -0.25) is 14.4 Å². The number of aliphatic imine (C=N–C) groups is 1. The molecule has 1 saturated heterocycles. The second-order valence-electron chi connectivity index (χ2n) is 10.1. The first-order valence-corrected chi connectivity index (χ1v) is 11.5. The number of rotatable bonds is 5. The number of carbonyl (C=O) groups excluding carboxylic acids is 3. The van der Waals surface area contributed by atoms with Crippen LogP contribution in [0.3, 0.4) is 0 Å². The largest absolute Gasteiger partial charge is 0.368 e. The standard InChI is InChI=1S/C25H33ClN4O3/c1-14-8-15(2)28-23(32)20(14)11-27-22(31)19-9-17(26)10-21(16(19)3)29(7)18-12-30(13-18)24(33)25(4,5)6/h8-10,18,20H,11-13H2,1-7H3,(H,27,31). The van der Waals surface area contributed by atoms with E-state index < -0.39 is 11.3 Å². The molecule has 0 aliphatic carbocycles. The Morgan fingerprint density at radius 3 is 2.42 bits per heavy atom. The summed E-state index contributed by atoms with van der Waals surface area (Å²) < 4.78 is 0. The van der Waals surface area contributed by atoms with Crippen LogP contribution in [0.25, 0.3) is 0 Å². The number of amides is 3. The third kappa shape index (κ3) is 5.29. The van der Waals surface area contributed by atoms with E-state index in [4.69, 9.17) is 11.6 Å². The van der Waals surface area contributed by atoms with Crippen molar-refractivity contribution in [2.45, 2.75) is 47.6 Å². The van der Waals surface area contributed by atoms with E-state index in [1.54, 1.807) is 13.0 Å². The number of carbonyl (C=O) groups is 3. The van der Waals surface area contributed by atoms with Crippen LogP contribution < -0.4 is 10.2 Å². The van der Waals surface area contributed by atoms with E-state index >= 15 is 0 Å². The smallest absolute Gasteiger partial charge is 0.254 e. The normalized spacial score (nSPS) is 19.0. The van der Waals surface area contributed by atoms with Gasteiger partial charge in [0.25, 0.3) is 11.8 Å². The molecule has 0 radical (unpaired) electrons. The fourth-order valence-electron chi connectivity index (χ4n) is 4.25. The van der Waals surface area contributed by atoms with Crippen LogP contribution in [-0.4, -0.2) is 61.1 Å². The summed E-state index contributed by atoms with van der Waals surface area (Å²) in [5.41, 5.74) is 3.28. The Morgan fingerprint density at radius 1 is 1.21 bits per heavy atom. The average molecular weight is 473 g/mol. The number of nitrogens with zero attached hydrogens (tertiary/aromatic N) is 3. The summed E-state index contributed by atoms with van der Waals surface area (Å²) in [6.45, 7) is 12.8. The second kappa shape index (κ2) is 9.29. The van der Waals surface area contributed by atoms with Gasteiger partial charge in [-0.1, -0.05) is 37.9 Å². The number of dihydropyridines is 1. The molecule has 0 saturated carbocycles. The molecule has 8 heteroatoms. The quantitative estimate of drug-likeness (QED) is 0.709. The number of likely N-dealkylation sites (N-methyl/N-ethyl adjacent to an activating group) is 1. The van der Waals surface area contributed by atoms with Crippen molar-refractivity contribution in [3.63, 3.8) is 0 Å². The minimum absolute atomic E-state index is 0.135. The molecule has 0 bridgehead atoms. The van der Waals surface area contributed by atoms with Crippen molar-refractivity contribution < 1.29 is 14.4 Å². The van der Waals surface area contributed by atoms with Gasteiger partial charge >= 0.3 is 0 Å². The summed E-state index contributed by atoms with van der Waals surface area (Å²) in [6, 6.07) is 3.64. The lowest BCUT2D eigenvalue weighted by Crippen LogP contribution is -2.62. The molecule has 3 amide bonds. The van der Waals surface area contributed by atoms with Crippen LogP contribution in [-0.2, 0) is 9.59 Å². The van der Waals surface area contributed by atoms with Crippen LogP contribution >= 0.6 is 11.6 Å². The molecule has 1 unspecified atom stereocenters.